The molecule has 2 saturated heterocycles. The summed E-state index contributed by atoms with van der Waals surface area (Å²) < 4.78 is 12.0. The third kappa shape index (κ3) is 17.3. The molecule has 2 bridgehead atoms. The summed E-state index contributed by atoms with van der Waals surface area (Å²) in [6.07, 6.45) is 19.5. The Morgan fingerprint density at radius 1 is 0.960 bits per heavy atom. The highest BCUT2D eigenvalue weighted by Crippen LogP contribution is 2.38. The predicted molar refractivity (Wildman–Crippen MR) is 220 cm³/mol. The van der Waals surface area contributed by atoms with Gasteiger partial charge in [-0.1, -0.05) is 98.2 Å². The molecule has 0 aromatic heterocycles. The smallest absolute Gasteiger partial charge is 0.250 e. The highest BCUT2D eigenvalue weighted by atomic mass is 35.5. The van der Waals surface area contributed by atoms with E-state index in [-0.39, 0.29) is 12.0 Å². The van der Waals surface area contributed by atoms with Gasteiger partial charge >= 0.3 is 0 Å². The fourth-order valence-corrected chi connectivity index (χ4v) is 6.27. The van der Waals surface area contributed by atoms with Gasteiger partial charge in [0.25, 0.3) is 0 Å². The predicted octanol–water partition coefficient (Wildman–Crippen LogP) is 12.0. The van der Waals surface area contributed by atoms with E-state index in [2.05, 4.69) is 49.3 Å². The second-order valence-electron chi connectivity index (χ2n) is 11.3. The van der Waals surface area contributed by atoms with Crippen molar-refractivity contribution in [3.63, 3.8) is 0 Å². The topological polar surface area (TPSA) is 68.0 Å². The summed E-state index contributed by atoms with van der Waals surface area (Å²) in [4.78, 5) is 17.0. The van der Waals surface area contributed by atoms with Crippen molar-refractivity contribution in [3.8, 4) is 5.75 Å². The highest BCUT2D eigenvalue weighted by molar-refractivity contribution is 6.30. The summed E-state index contributed by atoms with van der Waals surface area (Å²) in [6.45, 7) is 27.6. The van der Waals surface area contributed by atoms with E-state index in [1.54, 1.807) is 7.11 Å². The number of halogens is 1. The second-order valence-corrected chi connectivity index (χ2v) is 11.8. The maximum Gasteiger partial charge on any atom is 0.250 e. The Kier molecular flexibility index (Phi) is 30.3. The fourth-order valence-electron chi connectivity index (χ4n) is 6.15. The van der Waals surface area contributed by atoms with Crippen LogP contribution in [0, 0.1) is 0 Å². The van der Waals surface area contributed by atoms with Gasteiger partial charge in [0, 0.05) is 49.2 Å². The molecule has 50 heavy (non-hydrogen) atoms. The molecule has 3 aliphatic heterocycles. The van der Waals surface area contributed by atoms with Crippen LogP contribution in [-0.4, -0.2) is 54.1 Å². The van der Waals surface area contributed by atoms with Crippen molar-refractivity contribution in [1.82, 2.24) is 9.80 Å². The van der Waals surface area contributed by atoms with Gasteiger partial charge in [0.15, 0.2) is 0 Å². The summed E-state index contributed by atoms with van der Waals surface area (Å²) in [7, 11) is 1.72. The van der Waals surface area contributed by atoms with E-state index in [0.717, 1.165) is 79.4 Å². The lowest BCUT2D eigenvalue weighted by molar-refractivity contribution is -0.114. The molecule has 1 aromatic rings. The number of methoxy groups -OCH3 is 1. The first kappa shape index (κ1) is 49.2. The van der Waals surface area contributed by atoms with Gasteiger partial charge in [0.1, 0.15) is 17.6 Å². The number of allylic oxidation sites excluding steroid dienone is 6. The summed E-state index contributed by atoms with van der Waals surface area (Å²) in [5.41, 5.74) is 8.40. The van der Waals surface area contributed by atoms with Crippen LogP contribution in [0.1, 0.15) is 134 Å². The minimum atomic E-state index is -0.376. The normalized spacial score (nSPS) is 20.8. The van der Waals surface area contributed by atoms with Crippen molar-refractivity contribution in [1.29, 1.82) is 0 Å². The Balaban J connectivity index is 0. The number of primary amides is 1. The minimum absolute atomic E-state index is 0.260. The SMILES string of the molecule is C/C=C1\C/C(=C(\CC)OC)N(CCCN2C3CCC2CC(Oc2ccc(Cl)cc2)C3)C=C1C(N)=O.C/C=C\CC.C=CCC.CC.CC.CC. The first-order valence-electron chi connectivity index (χ1n) is 19.4. The van der Waals surface area contributed by atoms with Crippen LogP contribution in [0.2, 0.25) is 5.02 Å². The van der Waals surface area contributed by atoms with Crippen molar-refractivity contribution in [2.75, 3.05) is 20.2 Å². The van der Waals surface area contributed by atoms with Crippen LogP contribution in [0.15, 0.2) is 84.0 Å². The number of hydrogen-bond donors (Lipinski definition) is 1. The summed E-state index contributed by atoms with van der Waals surface area (Å²) in [5, 5.41) is 0.732. The molecule has 0 radical (unpaired) electrons. The van der Waals surface area contributed by atoms with Crippen LogP contribution in [-0.2, 0) is 9.53 Å². The average Bonchev–Trinajstić information content (AvgIpc) is 3.39. The number of nitrogens with zero attached hydrogens (tertiary/aromatic N) is 2. The molecule has 2 N–H and O–H groups in total. The molecule has 1 amide bonds. The molecule has 3 aliphatic rings. The van der Waals surface area contributed by atoms with E-state index in [0.29, 0.717) is 24.1 Å². The summed E-state index contributed by atoms with van der Waals surface area (Å²) >= 11 is 6.01. The van der Waals surface area contributed by atoms with E-state index >= 15 is 0 Å². The molecule has 2 atom stereocenters. The third-order valence-electron chi connectivity index (χ3n) is 8.37. The van der Waals surface area contributed by atoms with E-state index in [9.17, 15) is 4.79 Å². The van der Waals surface area contributed by atoms with Gasteiger partial charge in [-0.25, -0.2) is 0 Å². The maximum atomic E-state index is 12.1. The molecule has 286 valence electrons. The zero-order chi connectivity index (χ0) is 38.5. The van der Waals surface area contributed by atoms with Crippen molar-refractivity contribution < 1.29 is 14.3 Å². The largest absolute Gasteiger partial charge is 0.499 e. The van der Waals surface area contributed by atoms with Crippen LogP contribution < -0.4 is 10.5 Å². The Morgan fingerprint density at radius 3 is 1.92 bits per heavy atom. The lowest BCUT2D eigenvalue weighted by atomic mass is 9.95. The van der Waals surface area contributed by atoms with Gasteiger partial charge in [-0.2, -0.15) is 0 Å². The molecule has 0 saturated carbocycles. The average molecular weight is 717 g/mol. The molecule has 0 aliphatic carbocycles. The van der Waals surface area contributed by atoms with Gasteiger partial charge < -0.3 is 20.1 Å². The monoisotopic (exact) mass is 716 g/mol. The quantitative estimate of drug-likeness (QED) is 0.182. The number of carbonyl (C=O) groups is 1. The molecule has 4 rings (SSSR count). The van der Waals surface area contributed by atoms with E-state index < -0.39 is 0 Å². The molecule has 2 fully saturated rings. The van der Waals surface area contributed by atoms with Gasteiger partial charge in [-0.05, 0) is 88.6 Å². The minimum Gasteiger partial charge on any atom is -0.499 e. The fraction of sp³-hybridized carbons (Fsp3) is 0.605. The second kappa shape index (κ2) is 30.8. The van der Waals surface area contributed by atoms with Crippen LogP contribution in [0.5, 0.6) is 5.75 Å². The Morgan fingerprint density at radius 2 is 1.52 bits per heavy atom. The standard InChI is InChI=1S/C28H38ClN3O3.C5H10.C4H8.3C2H6/c1-4-19-15-26(27(5-2)34-3)31(18-25(19)28(30)33)13-6-14-32-21-9-10-22(32)17-24(16-21)35-23-11-7-20(29)8-12-23;1-3-5-4-2;1-3-4-2;3*1-2/h4,7-8,11-12,18,21-22,24H,5-6,9-10,13-17H2,1-3H3,(H2,30,33);3,5H,4H2,1-2H3;3H,1,4H2,2H3;3*1-2H3/b19-4+,27-26-;5-3-;;;;. The van der Waals surface area contributed by atoms with Crippen LogP contribution in [0.4, 0.5) is 0 Å². The third-order valence-corrected chi connectivity index (χ3v) is 8.62. The number of nitrogens with two attached hydrogens (primary N) is 1. The van der Waals surface area contributed by atoms with Gasteiger partial charge in [0.05, 0.1) is 18.4 Å². The van der Waals surface area contributed by atoms with E-state index in [4.69, 9.17) is 26.8 Å². The van der Waals surface area contributed by atoms with Crippen molar-refractivity contribution in [3.05, 3.63) is 89.0 Å². The number of rotatable bonds is 11. The van der Waals surface area contributed by atoms with Crippen LogP contribution >= 0.6 is 11.6 Å². The molecule has 0 spiro atoms. The van der Waals surface area contributed by atoms with Gasteiger partial charge in [-0.15, -0.1) is 6.58 Å². The molecule has 2 unspecified atom stereocenters. The lowest BCUT2D eigenvalue weighted by Crippen LogP contribution is -2.47. The van der Waals surface area contributed by atoms with Crippen molar-refractivity contribution in [2.24, 2.45) is 5.73 Å². The number of amides is 1. The van der Waals surface area contributed by atoms with E-state index in [1.165, 1.54) is 12.8 Å². The molecule has 7 heteroatoms. The first-order chi connectivity index (χ1) is 24.3. The number of fused-ring (bicyclic) bond motifs is 2. The number of carbonyl (C=O) groups excluding carboxylic acids is 1. The molecular weight excluding hydrogens is 642 g/mol. The molecular formula is C43H74ClN3O3. The number of hydrogen-bond acceptors (Lipinski definition) is 5. The lowest BCUT2D eigenvalue weighted by Gasteiger charge is -2.39. The van der Waals surface area contributed by atoms with Gasteiger partial charge in [-0.3, -0.25) is 9.69 Å². The molecule has 3 heterocycles. The zero-order valence-electron chi connectivity index (χ0n) is 34.0. The van der Waals surface area contributed by atoms with Crippen molar-refractivity contribution in [2.45, 2.75) is 152 Å². The number of piperidine rings is 1. The molecule has 6 nitrogen and oxygen atoms in total. The van der Waals surface area contributed by atoms with Crippen LogP contribution in [0.3, 0.4) is 0 Å². The Hall–Kier alpha value is -2.96. The Labute approximate surface area is 313 Å². The molecule has 1 aromatic carbocycles. The number of benzene rings is 1. The van der Waals surface area contributed by atoms with Crippen LogP contribution in [0.25, 0.3) is 0 Å². The zero-order valence-corrected chi connectivity index (χ0v) is 34.7. The van der Waals surface area contributed by atoms with Crippen molar-refractivity contribution >= 4 is 17.5 Å². The first-order valence-corrected chi connectivity index (χ1v) is 19.7. The number of ether oxygens (including phenoxy) is 2. The highest BCUT2D eigenvalue weighted by Gasteiger charge is 2.41. The van der Waals surface area contributed by atoms with E-state index in [1.807, 2.05) is 98.0 Å². The van der Waals surface area contributed by atoms with Gasteiger partial charge in [0.2, 0.25) is 5.91 Å². The maximum absolute atomic E-state index is 12.1. The summed E-state index contributed by atoms with van der Waals surface area (Å²) in [5.74, 6) is 1.49. The Bertz CT molecular complexity index is 1140. The summed E-state index contributed by atoms with van der Waals surface area (Å²) in [6, 6.07) is 8.82.